The zero-order valence-corrected chi connectivity index (χ0v) is 13.3. The monoisotopic (exact) mass is 291 g/mol. The summed E-state index contributed by atoms with van der Waals surface area (Å²) >= 11 is 6.30. The predicted octanol–water partition coefficient (Wildman–Crippen LogP) is 5.49. The number of hydrogen-bond acceptors (Lipinski definition) is 1. The van der Waals surface area contributed by atoms with E-state index in [1.807, 2.05) is 12.1 Å². The largest absolute Gasteiger partial charge is 0.307 e. The fraction of sp³-hybridized carbons (Fsp3) is 0.667. The molecule has 1 aromatic carbocycles. The minimum absolute atomic E-state index is 0.353. The lowest BCUT2D eigenvalue weighted by atomic mass is 9.71. The Bertz CT molecular complexity index is 440. The van der Waals surface area contributed by atoms with Crippen LogP contribution in [0.5, 0.6) is 0 Å². The lowest BCUT2D eigenvalue weighted by Gasteiger charge is -2.38. The summed E-state index contributed by atoms with van der Waals surface area (Å²) in [7, 11) is 0. The van der Waals surface area contributed by atoms with Gasteiger partial charge in [0.1, 0.15) is 0 Å². The zero-order chi connectivity index (χ0) is 14.0. The van der Waals surface area contributed by atoms with Crippen LogP contribution in [-0.4, -0.2) is 6.04 Å². The Morgan fingerprint density at radius 2 is 1.75 bits per heavy atom. The first-order valence-corrected chi connectivity index (χ1v) is 8.57. The molecule has 2 aliphatic rings. The molecule has 1 spiro atoms. The van der Waals surface area contributed by atoms with Crippen molar-refractivity contribution in [2.45, 2.75) is 70.4 Å². The highest BCUT2D eigenvalue weighted by molar-refractivity contribution is 6.31. The fourth-order valence-electron chi connectivity index (χ4n) is 4.29. The number of halogens is 1. The molecule has 110 valence electrons. The summed E-state index contributed by atoms with van der Waals surface area (Å²) in [4.78, 5) is 0. The second-order valence-corrected chi connectivity index (χ2v) is 7.30. The van der Waals surface area contributed by atoms with E-state index in [0.717, 1.165) is 10.4 Å². The van der Waals surface area contributed by atoms with Crippen molar-refractivity contribution in [3.05, 3.63) is 34.9 Å². The summed E-state index contributed by atoms with van der Waals surface area (Å²) in [6.07, 6.45) is 11.4. The van der Waals surface area contributed by atoms with Gasteiger partial charge in [0.25, 0.3) is 0 Å². The van der Waals surface area contributed by atoms with E-state index in [9.17, 15) is 0 Å². The minimum atomic E-state index is 0.353. The molecule has 1 nitrogen and oxygen atoms in total. The van der Waals surface area contributed by atoms with Crippen LogP contribution in [0.25, 0.3) is 0 Å². The highest BCUT2D eigenvalue weighted by Gasteiger charge is 2.37. The SMILES string of the molecule is C[C@H](NC1CCC2(CCCC2)CC1)c1ccccc1Cl. The average Bonchev–Trinajstić information content (AvgIpc) is 2.90. The molecule has 1 atom stereocenters. The Kier molecular flexibility index (Phi) is 4.37. The molecule has 0 aromatic heterocycles. The average molecular weight is 292 g/mol. The highest BCUT2D eigenvalue weighted by atomic mass is 35.5. The van der Waals surface area contributed by atoms with Crippen molar-refractivity contribution in [2.24, 2.45) is 5.41 Å². The van der Waals surface area contributed by atoms with Crippen LogP contribution in [0.2, 0.25) is 5.02 Å². The number of hydrogen-bond donors (Lipinski definition) is 1. The Balaban J connectivity index is 1.56. The van der Waals surface area contributed by atoms with Crippen LogP contribution in [0, 0.1) is 5.41 Å². The summed E-state index contributed by atoms with van der Waals surface area (Å²) in [6, 6.07) is 9.24. The van der Waals surface area contributed by atoms with Gasteiger partial charge in [-0.15, -0.1) is 0 Å². The van der Waals surface area contributed by atoms with Crippen molar-refractivity contribution in [1.82, 2.24) is 5.32 Å². The molecule has 20 heavy (non-hydrogen) atoms. The minimum Gasteiger partial charge on any atom is -0.307 e. The van der Waals surface area contributed by atoms with Gasteiger partial charge in [-0.25, -0.2) is 0 Å². The lowest BCUT2D eigenvalue weighted by molar-refractivity contribution is 0.164. The smallest absolute Gasteiger partial charge is 0.0453 e. The van der Waals surface area contributed by atoms with Crippen LogP contribution >= 0.6 is 11.6 Å². The standard InChI is InChI=1S/C18H26ClN/c1-14(16-6-2-3-7-17(16)19)20-15-8-12-18(13-9-15)10-4-5-11-18/h2-3,6-7,14-15,20H,4-5,8-13H2,1H3/t14-/m0/s1. The molecule has 2 saturated carbocycles. The first kappa shape index (κ1) is 14.4. The summed E-state index contributed by atoms with van der Waals surface area (Å²) < 4.78 is 0. The van der Waals surface area contributed by atoms with E-state index in [0.29, 0.717) is 12.1 Å². The summed E-state index contributed by atoms with van der Waals surface area (Å²) in [5.41, 5.74) is 1.96. The van der Waals surface area contributed by atoms with Crippen molar-refractivity contribution in [1.29, 1.82) is 0 Å². The molecule has 0 aliphatic heterocycles. The normalized spacial score (nSPS) is 24.1. The van der Waals surface area contributed by atoms with Crippen LogP contribution in [0.1, 0.15) is 69.9 Å². The maximum Gasteiger partial charge on any atom is 0.0453 e. The number of nitrogens with one attached hydrogen (secondary N) is 1. The quantitative estimate of drug-likeness (QED) is 0.776. The molecule has 0 bridgehead atoms. The van der Waals surface area contributed by atoms with Crippen LogP contribution in [0.4, 0.5) is 0 Å². The Labute approximate surface area is 128 Å². The van der Waals surface area contributed by atoms with E-state index in [4.69, 9.17) is 11.6 Å². The van der Waals surface area contributed by atoms with Crippen LogP contribution < -0.4 is 5.32 Å². The maximum atomic E-state index is 6.30. The summed E-state index contributed by atoms with van der Waals surface area (Å²) in [6.45, 7) is 2.24. The third kappa shape index (κ3) is 3.04. The molecule has 2 fully saturated rings. The fourth-order valence-corrected chi connectivity index (χ4v) is 4.59. The van der Waals surface area contributed by atoms with Gasteiger partial charge in [0.05, 0.1) is 0 Å². The predicted molar refractivity (Wildman–Crippen MR) is 86.2 cm³/mol. The molecule has 2 aliphatic carbocycles. The molecule has 0 saturated heterocycles. The Hall–Kier alpha value is -0.530. The van der Waals surface area contributed by atoms with Gasteiger partial charge >= 0.3 is 0 Å². The van der Waals surface area contributed by atoms with Crippen LogP contribution in [0.15, 0.2) is 24.3 Å². The lowest BCUT2D eigenvalue weighted by Crippen LogP contribution is -2.38. The molecular formula is C18H26ClN. The van der Waals surface area contributed by atoms with Gasteiger partial charge in [-0.2, -0.15) is 0 Å². The van der Waals surface area contributed by atoms with Crippen molar-refractivity contribution in [3.8, 4) is 0 Å². The van der Waals surface area contributed by atoms with E-state index in [1.54, 1.807) is 0 Å². The Morgan fingerprint density at radius 3 is 2.40 bits per heavy atom. The highest BCUT2D eigenvalue weighted by Crippen LogP contribution is 2.49. The summed E-state index contributed by atoms with van der Waals surface area (Å²) in [5, 5.41) is 4.68. The molecule has 0 radical (unpaired) electrons. The second-order valence-electron chi connectivity index (χ2n) is 6.89. The van der Waals surface area contributed by atoms with Gasteiger partial charge in [-0.3, -0.25) is 0 Å². The van der Waals surface area contributed by atoms with E-state index < -0.39 is 0 Å². The van der Waals surface area contributed by atoms with Gasteiger partial charge < -0.3 is 5.32 Å². The van der Waals surface area contributed by atoms with Gasteiger partial charge in [-0.1, -0.05) is 42.6 Å². The maximum absolute atomic E-state index is 6.30. The van der Waals surface area contributed by atoms with E-state index in [2.05, 4.69) is 24.4 Å². The molecule has 0 unspecified atom stereocenters. The zero-order valence-electron chi connectivity index (χ0n) is 12.5. The van der Waals surface area contributed by atoms with E-state index >= 15 is 0 Å². The second kappa shape index (κ2) is 6.07. The molecule has 0 heterocycles. The first-order valence-electron chi connectivity index (χ1n) is 8.19. The van der Waals surface area contributed by atoms with Crippen molar-refractivity contribution in [2.75, 3.05) is 0 Å². The van der Waals surface area contributed by atoms with Gasteiger partial charge in [0, 0.05) is 17.1 Å². The molecule has 2 heteroatoms. The molecule has 3 rings (SSSR count). The third-order valence-corrected chi connectivity index (χ3v) is 5.91. The Morgan fingerprint density at radius 1 is 1.10 bits per heavy atom. The molecule has 1 aromatic rings. The van der Waals surface area contributed by atoms with Crippen LogP contribution in [-0.2, 0) is 0 Å². The van der Waals surface area contributed by atoms with Crippen molar-refractivity contribution < 1.29 is 0 Å². The molecule has 1 N–H and O–H groups in total. The number of rotatable bonds is 3. The van der Waals surface area contributed by atoms with Crippen LogP contribution in [0.3, 0.4) is 0 Å². The first-order chi connectivity index (χ1) is 9.69. The molecular weight excluding hydrogens is 266 g/mol. The summed E-state index contributed by atoms with van der Waals surface area (Å²) in [5.74, 6) is 0. The third-order valence-electron chi connectivity index (χ3n) is 5.57. The van der Waals surface area contributed by atoms with Crippen molar-refractivity contribution in [3.63, 3.8) is 0 Å². The van der Waals surface area contributed by atoms with Crippen molar-refractivity contribution >= 4 is 11.6 Å². The van der Waals surface area contributed by atoms with E-state index in [-0.39, 0.29) is 0 Å². The van der Waals surface area contributed by atoms with Gasteiger partial charge in [0.2, 0.25) is 0 Å². The van der Waals surface area contributed by atoms with E-state index in [1.165, 1.54) is 56.9 Å². The van der Waals surface area contributed by atoms with Gasteiger partial charge in [-0.05, 0) is 62.5 Å². The molecule has 0 amide bonds. The number of benzene rings is 1. The van der Waals surface area contributed by atoms with Gasteiger partial charge in [0.15, 0.2) is 0 Å². The topological polar surface area (TPSA) is 12.0 Å².